The first-order valence-corrected chi connectivity index (χ1v) is 7.64. The van der Waals surface area contributed by atoms with E-state index in [1.807, 2.05) is 25.1 Å². The van der Waals surface area contributed by atoms with Crippen LogP contribution >= 0.6 is 0 Å². The predicted molar refractivity (Wildman–Crippen MR) is 87.5 cm³/mol. The van der Waals surface area contributed by atoms with Crippen LogP contribution in [0.4, 0.5) is 0 Å². The van der Waals surface area contributed by atoms with E-state index in [1.54, 1.807) is 23.2 Å². The molecule has 0 radical (unpaired) electrons. The SMILES string of the molecule is CCCN(CCc1ccccn1)C(=O)c1ccc(C(=O)O)cc1. The van der Waals surface area contributed by atoms with Gasteiger partial charge in [0.1, 0.15) is 0 Å². The van der Waals surface area contributed by atoms with Gasteiger partial charge in [0.15, 0.2) is 0 Å². The van der Waals surface area contributed by atoms with E-state index in [1.165, 1.54) is 12.1 Å². The van der Waals surface area contributed by atoms with Crippen LogP contribution < -0.4 is 0 Å². The molecule has 1 aromatic carbocycles. The third-order valence-electron chi connectivity index (χ3n) is 3.52. The molecule has 0 atom stereocenters. The van der Waals surface area contributed by atoms with Gasteiger partial charge in [0.2, 0.25) is 0 Å². The van der Waals surface area contributed by atoms with Crippen LogP contribution in [0.25, 0.3) is 0 Å². The quantitative estimate of drug-likeness (QED) is 0.853. The van der Waals surface area contributed by atoms with Gasteiger partial charge in [-0.1, -0.05) is 13.0 Å². The third kappa shape index (κ3) is 4.64. The van der Waals surface area contributed by atoms with Gasteiger partial charge in [-0.2, -0.15) is 0 Å². The number of pyridine rings is 1. The molecule has 1 heterocycles. The lowest BCUT2D eigenvalue weighted by Crippen LogP contribution is -2.33. The molecule has 5 heteroatoms. The molecule has 0 fully saturated rings. The largest absolute Gasteiger partial charge is 0.478 e. The van der Waals surface area contributed by atoms with E-state index in [0.717, 1.165) is 12.1 Å². The van der Waals surface area contributed by atoms with Crippen molar-refractivity contribution in [3.63, 3.8) is 0 Å². The van der Waals surface area contributed by atoms with Gasteiger partial charge in [0.05, 0.1) is 5.56 Å². The van der Waals surface area contributed by atoms with E-state index < -0.39 is 5.97 Å². The number of aromatic carboxylic acids is 1. The second-order valence-electron chi connectivity index (χ2n) is 5.25. The maximum atomic E-state index is 12.6. The van der Waals surface area contributed by atoms with Gasteiger partial charge in [-0.3, -0.25) is 9.78 Å². The predicted octanol–water partition coefficient (Wildman–Crippen LogP) is 2.87. The molecule has 0 saturated heterocycles. The van der Waals surface area contributed by atoms with E-state index in [0.29, 0.717) is 25.1 Å². The Morgan fingerprint density at radius 3 is 2.30 bits per heavy atom. The topological polar surface area (TPSA) is 70.5 Å². The van der Waals surface area contributed by atoms with Crippen molar-refractivity contribution in [1.29, 1.82) is 0 Å². The van der Waals surface area contributed by atoms with E-state index >= 15 is 0 Å². The fourth-order valence-corrected chi connectivity index (χ4v) is 2.32. The fourth-order valence-electron chi connectivity index (χ4n) is 2.32. The van der Waals surface area contributed by atoms with Crippen LogP contribution in [-0.4, -0.2) is 40.0 Å². The van der Waals surface area contributed by atoms with Gasteiger partial charge in [0.25, 0.3) is 5.91 Å². The Hall–Kier alpha value is -2.69. The zero-order valence-corrected chi connectivity index (χ0v) is 13.1. The summed E-state index contributed by atoms with van der Waals surface area (Å²) >= 11 is 0. The minimum absolute atomic E-state index is 0.0836. The summed E-state index contributed by atoms with van der Waals surface area (Å²) in [5.41, 5.74) is 1.63. The summed E-state index contributed by atoms with van der Waals surface area (Å²) in [4.78, 5) is 29.5. The van der Waals surface area contributed by atoms with Crippen LogP contribution in [0.5, 0.6) is 0 Å². The summed E-state index contributed by atoms with van der Waals surface area (Å²) in [5, 5.41) is 8.92. The third-order valence-corrected chi connectivity index (χ3v) is 3.52. The molecular weight excluding hydrogens is 292 g/mol. The number of hydrogen-bond donors (Lipinski definition) is 1. The second kappa shape index (κ2) is 8.08. The van der Waals surface area contributed by atoms with Crippen molar-refractivity contribution in [3.05, 3.63) is 65.5 Å². The van der Waals surface area contributed by atoms with Gasteiger partial charge in [0, 0.05) is 37.0 Å². The molecule has 0 aliphatic rings. The maximum Gasteiger partial charge on any atom is 0.335 e. The molecule has 2 rings (SSSR count). The number of carboxylic acid groups (broad SMARTS) is 1. The molecule has 0 spiro atoms. The van der Waals surface area contributed by atoms with Crippen molar-refractivity contribution < 1.29 is 14.7 Å². The van der Waals surface area contributed by atoms with Crippen molar-refractivity contribution in [2.45, 2.75) is 19.8 Å². The lowest BCUT2D eigenvalue weighted by atomic mass is 10.1. The highest BCUT2D eigenvalue weighted by Gasteiger charge is 2.15. The molecule has 0 aliphatic carbocycles. The van der Waals surface area contributed by atoms with E-state index in [9.17, 15) is 9.59 Å². The normalized spacial score (nSPS) is 10.3. The highest BCUT2D eigenvalue weighted by Crippen LogP contribution is 2.10. The Bertz CT molecular complexity index is 654. The molecule has 0 saturated carbocycles. The van der Waals surface area contributed by atoms with E-state index in [4.69, 9.17) is 5.11 Å². The lowest BCUT2D eigenvalue weighted by Gasteiger charge is -2.22. The molecule has 2 aromatic rings. The molecule has 1 aromatic heterocycles. The number of carbonyl (C=O) groups is 2. The van der Waals surface area contributed by atoms with Crippen LogP contribution in [0.1, 0.15) is 39.8 Å². The summed E-state index contributed by atoms with van der Waals surface area (Å²) < 4.78 is 0. The van der Waals surface area contributed by atoms with Crippen LogP contribution in [0.3, 0.4) is 0 Å². The first-order chi connectivity index (χ1) is 11.1. The lowest BCUT2D eigenvalue weighted by molar-refractivity contribution is 0.0694. The Kier molecular flexibility index (Phi) is 5.86. The number of benzene rings is 1. The molecule has 0 unspecified atom stereocenters. The Morgan fingerprint density at radius 1 is 1.04 bits per heavy atom. The zero-order chi connectivity index (χ0) is 16.7. The van der Waals surface area contributed by atoms with Gasteiger partial charge >= 0.3 is 5.97 Å². The average molecular weight is 312 g/mol. The number of aromatic nitrogens is 1. The molecule has 5 nitrogen and oxygen atoms in total. The molecule has 1 N–H and O–H groups in total. The summed E-state index contributed by atoms with van der Waals surface area (Å²) in [6.07, 6.45) is 3.30. The second-order valence-corrected chi connectivity index (χ2v) is 5.25. The molecule has 23 heavy (non-hydrogen) atoms. The van der Waals surface area contributed by atoms with Crippen LogP contribution in [0.2, 0.25) is 0 Å². The molecular formula is C18H20N2O3. The smallest absolute Gasteiger partial charge is 0.335 e. The van der Waals surface area contributed by atoms with Gasteiger partial charge in [-0.25, -0.2) is 4.79 Å². The number of hydrogen-bond acceptors (Lipinski definition) is 3. The summed E-state index contributed by atoms with van der Waals surface area (Å²) in [6.45, 7) is 3.27. The number of nitrogens with zero attached hydrogens (tertiary/aromatic N) is 2. The number of rotatable bonds is 7. The maximum absolute atomic E-state index is 12.6. The Morgan fingerprint density at radius 2 is 1.74 bits per heavy atom. The highest BCUT2D eigenvalue weighted by molar-refractivity contribution is 5.95. The highest BCUT2D eigenvalue weighted by atomic mass is 16.4. The van der Waals surface area contributed by atoms with Crippen molar-refractivity contribution in [3.8, 4) is 0 Å². The van der Waals surface area contributed by atoms with Gasteiger partial charge in [-0.15, -0.1) is 0 Å². The molecule has 0 bridgehead atoms. The number of carboxylic acids is 1. The number of amides is 1. The van der Waals surface area contributed by atoms with E-state index in [2.05, 4.69) is 4.98 Å². The van der Waals surface area contributed by atoms with E-state index in [-0.39, 0.29) is 11.5 Å². The zero-order valence-electron chi connectivity index (χ0n) is 13.1. The van der Waals surface area contributed by atoms with Gasteiger partial charge < -0.3 is 10.0 Å². The molecule has 120 valence electrons. The molecule has 1 amide bonds. The first-order valence-electron chi connectivity index (χ1n) is 7.64. The minimum Gasteiger partial charge on any atom is -0.478 e. The van der Waals surface area contributed by atoms with Crippen molar-refractivity contribution in [1.82, 2.24) is 9.88 Å². The Balaban J connectivity index is 2.06. The summed E-state index contributed by atoms with van der Waals surface area (Å²) in [7, 11) is 0. The number of carbonyl (C=O) groups excluding carboxylic acids is 1. The van der Waals surface area contributed by atoms with Crippen molar-refractivity contribution >= 4 is 11.9 Å². The Labute approximate surface area is 135 Å². The minimum atomic E-state index is -0.996. The monoisotopic (exact) mass is 312 g/mol. The average Bonchev–Trinajstić information content (AvgIpc) is 2.59. The van der Waals surface area contributed by atoms with Crippen LogP contribution in [-0.2, 0) is 6.42 Å². The van der Waals surface area contributed by atoms with Crippen molar-refractivity contribution in [2.24, 2.45) is 0 Å². The molecule has 0 aliphatic heterocycles. The standard InChI is InChI=1S/C18H20N2O3/c1-2-12-20(13-10-16-5-3-4-11-19-16)17(21)14-6-8-15(9-7-14)18(22)23/h3-9,11H,2,10,12-13H2,1H3,(H,22,23). The summed E-state index contributed by atoms with van der Waals surface area (Å²) in [6, 6.07) is 11.8. The fraction of sp³-hybridized carbons (Fsp3) is 0.278. The van der Waals surface area contributed by atoms with Crippen LogP contribution in [0, 0.1) is 0 Å². The van der Waals surface area contributed by atoms with Crippen LogP contribution in [0.15, 0.2) is 48.7 Å². The summed E-state index contributed by atoms with van der Waals surface area (Å²) in [5.74, 6) is -1.08. The van der Waals surface area contributed by atoms with Gasteiger partial charge in [-0.05, 0) is 42.8 Å². The van der Waals surface area contributed by atoms with Crippen molar-refractivity contribution in [2.75, 3.05) is 13.1 Å². The first kappa shape index (κ1) is 16.7.